The highest BCUT2D eigenvalue weighted by Gasteiger charge is 2.28. The molecule has 4 nitrogen and oxygen atoms in total. The molecule has 0 aliphatic carbocycles. The van der Waals surface area contributed by atoms with Gasteiger partial charge in [-0.15, -0.1) is 11.8 Å². The summed E-state index contributed by atoms with van der Waals surface area (Å²) >= 11 is 1.61. The Morgan fingerprint density at radius 2 is 1.71 bits per heavy atom. The van der Waals surface area contributed by atoms with Crippen LogP contribution < -0.4 is 5.32 Å². The number of amides is 2. The lowest BCUT2D eigenvalue weighted by Crippen LogP contribution is -2.51. The fourth-order valence-electron chi connectivity index (χ4n) is 3.42. The smallest absolute Gasteiger partial charge is 0.242 e. The number of aryl methyl sites for hydroxylation is 1. The molecule has 2 aromatic rings. The van der Waals surface area contributed by atoms with Gasteiger partial charge in [0, 0.05) is 18.8 Å². The Morgan fingerprint density at radius 3 is 2.35 bits per heavy atom. The van der Waals surface area contributed by atoms with Crippen molar-refractivity contribution in [1.29, 1.82) is 0 Å². The summed E-state index contributed by atoms with van der Waals surface area (Å²) in [5.41, 5.74) is 3.66. The van der Waals surface area contributed by atoms with Crippen LogP contribution in [-0.4, -0.2) is 41.6 Å². The van der Waals surface area contributed by atoms with Gasteiger partial charge in [-0.25, -0.2) is 0 Å². The number of nitrogens with zero attached hydrogens (tertiary/aromatic N) is 1. The van der Waals surface area contributed by atoms with Crippen LogP contribution in [0, 0.1) is 12.8 Å². The van der Waals surface area contributed by atoms with E-state index in [2.05, 4.69) is 50.4 Å². The highest BCUT2D eigenvalue weighted by Crippen LogP contribution is 2.18. The SMILES string of the molecule is CC[C@@H](C(=O)NCC(C)C)N(CCc1ccccc1)C(=O)CSCc1ccccc1C. The average Bonchev–Trinajstić information content (AvgIpc) is 2.76. The number of hydrogen-bond donors (Lipinski definition) is 1. The Hall–Kier alpha value is -2.27. The highest BCUT2D eigenvalue weighted by atomic mass is 32.2. The van der Waals surface area contributed by atoms with Gasteiger partial charge in [0.1, 0.15) is 6.04 Å². The van der Waals surface area contributed by atoms with Crippen molar-refractivity contribution in [3.63, 3.8) is 0 Å². The molecule has 0 saturated carbocycles. The van der Waals surface area contributed by atoms with Gasteiger partial charge in [-0.2, -0.15) is 0 Å². The van der Waals surface area contributed by atoms with E-state index in [0.717, 1.165) is 12.2 Å². The molecule has 2 rings (SSSR count). The van der Waals surface area contributed by atoms with Gasteiger partial charge in [-0.1, -0.05) is 75.4 Å². The van der Waals surface area contributed by atoms with Crippen molar-refractivity contribution in [3.8, 4) is 0 Å². The predicted octanol–water partition coefficient (Wildman–Crippen LogP) is 4.85. The van der Waals surface area contributed by atoms with Gasteiger partial charge in [0.05, 0.1) is 5.75 Å². The van der Waals surface area contributed by atoms with Gasteiger partial charge in [-0.3, -0.25) is 9.59 Å². The van der Waals surface area contributed by atoms with E-state index in [1.54, 1.807) is 16.7 Å². The van der Waals surface area contributed by atoms with Gasteiger partial charge in [0.2, 0.25) is 11.8 Å². The molecule has 5 heteroatoms. The molecular formula is C26H36N2O2S. The summed E-state index contributed by atoms with van der Waals surface area (Å²) in [6.07, 6.45) is 1.34. The molecule has 31 heavy (non-hydrogen) atoms. The van der Waals surface area contributed by atoms with Crippen molar-refractivity contribution in [3.05, 3.63) is 71.3 Å². The van der Waals surface area contributed by atoms with E-state index < -0.39 is 6.04 Å². The third kappa shape index (κ3) is 8.41. The van der Waals surface area contributed by atoms with Crippen LogP contribution in [-0.2, 0) is 21.8 Å². The molecule has 0 spiro atoms. The zero-order valence-electron chi connectivity index (χ0n) is 19.3. The lowest BCUT2D eigenvalue weighted by Gasteiger charge is -2.31. The molecular weight excluding hydrogens is 404 g/mol. The minimum Gasteiger partial charge on any atom is -0.354 e. The van der Waals surface area contributed by atoms with Crippen molar-refractivity contribution >= 4 is 23.6 Å². The monoisotopic (exact) mass is 440 g/mol. The molecule has 0 saturated heterocycles. The minimum atomic E-state index is -0.436. The van der Waals surface area contributed by atoms with E-state index in [1.807, 2.05) is 37.3 Å². The van der Waals surface area contributed by atoms with E-state index in [-0.39, 0.29) is 11.8 Å². The molecule has 0 fully saturated rings. The van der Waals surface area contributed by atoms with E-state index in [0.29, 0.717) is 31.2 Å². The first-order valence-corrected chi connectivity index (χ1v) is 12.3. The van der Waals surface area contributed by atoms with Gasteiger partial charge in [0.25, 0.3) is 0 Å². The highest BCUT2D eigenvalue weighted by molar-refractivity contribution is 7.99. The Morgan fingerprint density at radius 1 is 1.03 bits per heavy atom. The lowest BCUT2D eigenvalue weighted by molar-refractivity contribution is -0.138. The molecule has 0 unspecified atom stereocenters. The van der Waals surface area contributed by atoms with Crippen LogP contribution >= 0.6 is 11.8 Å². The van der Waals surface area contributed by atoms with Crippen molar-refractivity contribution < 1.29 is 9.59 Å². The molecule has 0 aliphatic heterocycles. The topological polar surface area (TPSA) is 49.4 Å². The standard InChI is InChI=1S/C26H36N2O2S/c1-5-24(26(30)27-17-20(2)3)28(16-15-22-12-7-6-8-13-22)25(29)19-31-18-23-14-10-9-11-21(23)4/h6-14,20,24H,5,15-19H2,1-4H3,(H,27,30)/t24-/m0/s1. The zero-order chi connectivity index (χ0) is 22.6. The van der Waals surface area contributed by atoms with Crippen molar-refractivity contribution in [2.24, 2.45) is 5.92 Å². The first-order valence-electron chi connectivity index (χ1n) is 11.2. The van der Waals surface area contributed by atoms with E-state index in [4.69, 9.17) is 0 Å². The summed E-state index contributed by atoms with van der Waals surface area (Å²) in [6.45, 7) is 9.38. The van der Waals surface area contributed by atoms with Crippen LogP contribution in [0.25, 0.3) is 0 Å². The maximum Gasteiger partial charge on any atom is 0.242 e. The predicted molar refractivity (Wildman–Crippen MR) is 131 cm³/mol. The summed E-state index contributed by atoms with van der Waals surface area (Å²) in [7, 11) is 0. The first-order chi connectivity index (χ1) is 14.9. The minimum absolute atomic E-state index is 0.0288. The molecule has 1 atom stereocenters. The Bertz CT molecular complexity index is 823. The average molecular weight is 441 g/mol. The first kappa shape index (κ1) is 25.0. The number of carbonyl (C=O) groups excluding carboxylic acids is 2. The van der Waals surface area contributed by atoms with Crippen LogP contribution in [0.4, 0.5) is 0 Å². The molecule has 168 valence electrons. The maximum absolute atomic E-state index is 13.2. The second-order valence-corrected chi connectivity index (χ2v) is 9.29. The van der Waals surface area contributed by atoms with Gasteiger partial charge < -0.3 is 10.2 Å². The molecule has 0 aliphatic rings. The third-order valence-corrected chi connectivity index (χ3v) is 6.27. The number of nitrogens with one attached hydrogen (secondary N) is 1. The molecule has 0 bridgehead atoms. The van der Waals surface area contributed by atoms with Crippen molar-refractivity contribution in [2.45, 2.75) is 52.3 Å². The van der Waals surface area contributed by atoms with Gasteiger partial charge >= 0.3 is 0 Å². The molecule has 0 aromatic heterocycles. The summed E-state index contributed by atoms with van der Waals surface area (Å²) in [6, 6.07) is 18.0. The van der Waals surface area contributed by atoms with Crippen LogP contribution in [0.2, 0.25) is 0 Å². The molecule has 1 N–H and O–H groups in total. The second-order valence-electron chi connectivity index (χ2n) is 8.31. The van der Waals surface area contributed by atoms with Crippen LogP contribution in [0.3, 0.4) is 0 Å². The number of thioether (sulfide) groups is 1. The summed E-state index contributed by atoms with van der Waals surface area (Å²) in [5, 5.41) is 3.02. The summed E-state index contributed by atoms with van der Waals surface area (Å²) in [4.78, 5) is 27.9. The van der Waals surface area contributed by atoms with Crippen LogP contribution in [0.5, 0.6) is 0 Å². The van der Waals surface area contributed by atoms with E-state index in [1.165, 1.54) is 16.7 Å². The van der Waals surface area contributed by atoms with Crippen LogP contribution in [0.1, 0.15) is 43.9 Å². The quantitative estimate of drug-likeness (QED) is 0.513. The zero-order valence-corrected chi connectivity index (χ0v) is 20.1. The molecule has 0 radical (unpaired) electrons. The molecule has 2 aromatic carbocycles. The third-order valence-electron chi connectivity index (χ3n) is 5.30. The van der Waals surface area contributed by atoms with Gasteiger partial charge in [-0.05, 0) is 42.4 Å². The van der Waals surface area contributed by atoms with Gasteiger partial charge in [0.15, 0.2) is 0 Å². The van der Waals surface area contributed by atoms with Crippen molar-refractivity contribution in [1.82, 2.24) is 10.2 Å². The number of hydrogen-bond acceptors (Lipinski definition) is 3. The van der Waals surface area contributed by atoms with Crippen molar-refractivity contribution in [2.75, 3.05) is 18.8 Å². The Kier molecular flexibility index (Phi) is 10.6. The summed E-state index contributed by atoms with van der Waals surface area (Å²) < 4.78 is 0. The fraction of sp³-hybridized carbons (Fsp3) is 0.462. The molecule has 2 amide bonds. The number of benzene rings is 2. The second kappa shape index (κ2) is 13.2. The van der Waals surface area contributed by atoms with E-state index >= 15 is 0 Å². The number of rotatable bonds is 12. The number of carbonyl (C=O) groups is 2. The Balaban J connectivity index is 2.05. The normalized spacial score (nSPS) is 11.9. The Labute approximate surface area is 191 Å². The van der Waals surface area contributed by atoms with E-state index in [9.17, 15) is 9.59 Å². The largest absolute Gasteiger partial charge is 0.354 e. The summed E-state index contributed by atoms with van der Waals surface area (Å²) in [5.74, 6) is 1.51. The van der Waals surface area contributed by atoms with Crippen LogP contribution in [0.15, 0.2) is 54.6 Å². The molecule has 0 heterocycles. The fourth-order valence-corrected chi connectivity index (χ4v) is 4.41. The maximum atomic E-state index is 13.2. The lowest BCUT2D eigenvalue weighted by atomic mass is 10.1.